The molecule has 1 fully saturated rings. The first-order valence-electron chi connectivity index (χ1n) is 5.68. The number of urea groups is 1. The van der Waals surface area contributed by atoms with Gasteiger partial charge in [0.15, 0.2) is 0 Å². The lowest BCUT2D eigenvalue weighted by molar-refractivity contribution is 0.154. The van der Waals surface area contributed by atoms with Crippen molar-refractivity contribution in [1.29, 1.82) is 0 Å². The normalized spacial score (nSPS) is 22.7. The third kappa shape index (κ3) is 2.25. The van der Waals surface area contributed by atoms with E-state index in [1.54, 1.807) is 0 Å². The molecule has 4 heteroatoms. The molecule has 0 aromatic rings. The molecule has 0 aromatic heterocycles. The lowest BCUT2D eigenvalue weighted by atomic mass is 10.0. The molecule has 0 aromatic carbocycles. The smallest absolute Gasteiger partial charge is 0.320 e. The van der Waals surface area contributed by atoms with Gasteiger partial charge in [0.05, 0.1) is 11.6 Å². The minimum atomic E-state index is -0.228. The first-order chi connectivity index (χ1) is 6.94. The van der Waals surface area contributed by atoms with Gasteiger partial charge in [-0.25, -0.2) is 4.79 Å². The summed E-state index contributed by atoms with van der Waals surface area (Å²) < 4.78 is 0. The third-order valence-electron chi connectivity index (χ3n) is 3.33. The molecule has 2 N–H and O–H groups in total. The Bertz CT molecular complexity index is 240. The summed E-state index contributed by atoms with van der Waals surface area (Å²) in [4.78, 5) is 15.7. The molecular weight excluding hydrogens is 190 g/mol. The fraction of sp³-hybridized carbons (Fsp3) is 0.909. The maximum Gasteiger partial charge on any atom is 0.320 e. The van der Waals surface area contributed by atoms with Crippen molar-refractivity contribution in [1.82, 2.24) is 9.80 Å². The maximum atomic E-state index is 12.0. The predicted molar refractivity (Wildman–Crippen MR) is 61.7 cm³/mol. The summed E-state index contributed by atoms with van der Waals surface area (Å²) in [6.45, 7) is 7.51. The van der Waals surface area contributed by atoms with Gasteiger partial charge in [0.1, 0.15) is 0 Å². The van der Waals surface area contributed by atoms with Crippen molar-refractivity contribution in [2.24, 2.45) is 5.73 Å². The predicted octanol–water partition coefficient (Wildman–Crippen LogP) is 1.26. The van der Waals surface area contributed by atoms with Crippen LogP contribution in [0.4, 0.5) is 4.79 Å². The zero-order chi connectivity index (χ0) is 11.6. The average molecular weight is 213 g/mol. The standard InChI is InChI=1S/C11H23N3O/c1-5-6-9-7-14(10(15)13(9)4)11(2,3)8-12/h9H,5-8,12H2,1-4H3. The van der Waals surface area contributed by atoms with E-state index in [4.69, 9.17) is 5.73 Å². The quantitative estimate of drug-likeness (QED) is 0.764. The second-order valence-corrected chi connectivity index (χ2v) is 4.96. The van der Waals surface area contributed by atoms with E-state index in [0.717, 1.165) is 19.4 Å². The van der Waals surface area contributed by atoms with Crippen LogP contribution in [0.15, 0.2) is 0 Å². The number of hydrogen-bond donors (Lipinski definition) is 1. The van der Waals surface area contributed by atoms with Crippen LogP contribution >= 0.6 is 0 Å². The number of likely N-dealkylation sites (N-methyl/N-ethyl adjacent to an activating group) is 1. The zero-order valence-corrected chi connectivity index (χ0v) is 10.3. The Hall–Kier alpha value is -0.770. The molecule has 0 aliphatic carbocycles. The summed E-state index contributed by atoms with van der Waals surface area (Å²) in [6, 6.07) is 0.470. The summed E-state index contributed by atoms with van der Waals surface area (Å²) >= 11 is 0. The van der Waals surface area contributed by atoms with E-state index in [1.165, 1.54) is 0 Å². The van der Waals surface area contributed by atoms with Crippen LogP contribution in [0.3, 0.4) is 0 Å². The molecule has 1 aliphatic heterocycles. The van der Waals surface area contributed by atoms with Crippen molar-refractivity contribution in [2.45, 2.75) is 45.2 Å². The van der Waals surface area contributed by atoms with Gasteiger partial charge in [-0.3, -0.25) is 0 Å². The van der Waals surface area contributed by atoms with E-state index >= 15 is 0 Å². The van der Waals surface area contributed by atoms with Gasteiger partial charge in [0.2, 0.25) is 0 Å². The fourth-order valence-corrected chi connectivity index (χ4v) is 1.99. The molecule has 0 bridgehead atoms. The Labute approximate surface area is 92.4 Å². The lowest BCUT2D eigenvalue weighted by Crippen LogP contribution is -2.50. The second-order valence-electron chi connectivity index (χ2n) is 4.96. The summed E-state index contributed by atoms with van der Waals surface area (Å²) in [5.41, 5.74) is 5.47. The number of nitrogens with two attached hydrogens (primary N) is 1. The van der Waals surface area contributed by atoms with Gasteiger partial charge in [-0.2, -0.15) is 0 Å². The van der Waals surface area contributed by atoms with Crippen LogP contribution in [-0.2, 0) is 0 Å². The SMILES string of the molecule is CCCC1CN(C(C)(C)CN)C(=O)N1C. The summed E-state index contributed by atoms with van der Waals surface area (Å²) in [7, 11) is 1.88. The summed E-state index contributed by atoms with van der Waals surface area (Å²) in [5, 5.41) is 0. The van der Waals surface area contributed by atoms with Crippen molar-refractivity contribution in [2.75, 3.05) is 20.1 Å². The molecule has 1 heterocycles. The molecule has 15 heavy (non-hydrogen) atoms. The Morgan fingerprint density at radius 1 is 1.53 bits per heavy atom. The highest BCUT2D eigenvalue weighted by atomic mass is 16.2. The molecule has 0 radical (unpaired) electrons. The Morgan fingerprint density at radius 2 is 2.13 bits per heavy atom. The molecule has 4 nitrogen and oxygen atoms in total. The van der Waals surface area contributed by atoms with Gasteiger partial charge in [0, 0.05) is 20.1 Å². The number of rotatable bonds is 4. The van der Waals surface area contributed by atoms with Crippen LogP contribution < -0.4 is 5.73 Å². The molecule has 88 valence electrons. The Morgan fingerprint density at radius 3 is 2.60 bits per heavy atom. The van der Waals surface area contributed by atoms with Crippen LogP contribution in [0.1, 0.15) is 33.6 Å². The van der Waals surface area contributed by atoms with Crippen molar-refractivity contribution < 1.29 is 4.79 Å². The van der Waals surface area contributed by atoms with Gasteiger partial charge >= 0.3 is 6.03 Å². The number of carbonyl (C=O) groups is 1. The van der Waals surface area contributed by atoms with Crippen LogP contribution in [0.5, 0.6) is 0 Å². The maximum absolute atomic E-state index is 12.0. The molecule has 1 atom stereocenters. The minimum Gasteiger partial charge on any atom is -0.328 e. The van der Waals surface area contributed by atoms with E-state index in [9.17, 15) is 4.79 Å². The van der Waals surface area contributed by atoms with E-state index < -0.39 is 0 Å². The second kappa shape index (κ2) is 4.39. The fourth-order valence-electron chi connectivity index (χ4n) is 1.99. The lowest BCUT2D eigenvalue weighted by Gasteiger charge is -2.33. The Balaban J connectivity index is 2.75. The zero-order valence-electron chi connectivity index (χ0n) is 10.3. The van der Waals surface area contributed by atoms with Crippen LogP contribution in [0.25, 0.3) is 0 Å². The topological polar surface area (TPSA) is 49.6 Å². The highest BCUT2D eigenvalue weighted by Crippen LogP contribution is 2.25. The third-order valence-corrected chi connectivity index (χ3v) is 3.33. The summed E-state index contributed by atoms with van der Waals surface area (Å²) in [5.74, 6) is 0. The first-order valence-corrected chi connectivity index (χ1v) is 5.68. The molecule has 1 aliphatic rings. The molecular formula is C11H23N3O. The Kier molecular flexibility index (Phi) is 3.60. The molecule has 0 saturated carbocycles. The monoisotopic (exact) mass is 213 g/mol. The van der Waals surface area contributed by atoms with Gasteiger partial charge in [-0.1, -0.05) is 13.3 Å². The van der Waals surface area contributed by atoms with Crippen molar-refractivity contribution in [3.05, 3.63) is 0 Å². The molecule has 2 amide bonds. The number of nitrogens with zero attached hydrogens (tertiary/aromatic N) is 2. The highest BCUT2D eigenvalue weighted by molar-refractivity contribution is 5.77. The van der Waals surface area contributed by atoms with E-state index in [0.29, 0.717) is 12.6 Å². The van der Waals surface area contributed by atoms with Gasteiger partial charge in [0.25, 0.3) is 0 Å². The summed E-state index contributed by atoms with van der Waals surface area (Å²) in [6.07, 6.45) is 2.18. The van der Waals surface area contributed by atoms with Crippen molar-refractivity contribution >= 4 is 6.03 Å². The van der Waals surface area contributed by atoms with Crippen LogP contribution in [0.2, 0.25) is 0 Å². The van der Waals surface area contributed by atoms with Gasteiger partial charge in [-0.05, 0) is 20.3 Å². The van der Waals surface area contributed by atoms with Crippen molar-refractivity contribution in [3.63, 3.8) is 0 Å². The molecule has 1 rings (SSSR count). The first kappa shape index (κ1) is 12.3. The molecule has 0 spiro atoms. The molecule has 1 saturated heterocycles. The average Bonchev–Trinajstić information content (AvgIpc) is 2.47. The van der Waals surface area contributed by atoms with E-state index in [2.05, 4.69) is 6.92 Å². The van der Waals surface area contributed by atoms with E-state index in [-0.39, 0.29) is 11.6 Å². The number of carbonyl (C=O) groups excluding carboxylic acids is 1. The van der Waals surface area contributed by atoms with Crippen molar-refractivity contribution in [3.8, 4) is 0 Å². The van der Waals surface area contributed by atoms with Gasteiger partial charge < -0.3 is 15.5 Å². The van der Waals surface area contributed by atoms with Gasteiger partial charge in [-0.15, -0.1) is 0 Å². The molecule has 1 unspecified atom stereocenters. The van der Waals surface area contributed by atoms with Crippen LogP contribution in [-0.4, -0.2) is 47.5 Å². The number of hydrogen-bond acceptors (Lipinski definition) is 2. The highest BCUT2D eigenvalue weighted by Gasteiger charge is 2.40. The number of amides is 2. The largest absolute Gasteiger partial charge is 0.328 e. The minimum absolute atomic E-state index is 0.115. The van der Waals surface area contributed by atoms with E-state index in [1.807, 2.05) is 30.7 Å². The van der Waals surface area contributed by atoms with Crippen LogP contribution in [0, 0.1) is 0 Å².